The lowest BCUT2D eigenvalue weighted by Crippen LogP contribution is -2.60. The van der Waals surface area contributed by atoms with Crippen LogP contribution in [0.1, 0.15) is 13.3 Å². The third-order valence-electron chi connectivity index (χ3n) is 5.21. The SMILES string of the molecule is CC1Oc2cc(O[C@@H]3O[C@H](CO)[C@H](O)[C@H](O)[C@H]3O)ccc2NC2=C1C(=O)CC=C2. The number of hydrogen-bond acceptors (Lipinski definition) is 9. The predicted octanol–water partition coefficient (Wildman–Crippen LogP) is -0.159. The third-order valence-corrected chi connectivity index (χ3v) is 5.21. The molecule has 1 unspecified atom stereocenters. The van der Waals surface area contributed by atoms with Gasteiger partial charge in [-0.05, 0) is 25.1 Å². The van der Waals surface area contributed by atoms with Crippen molar-refractivity contribution in [3.05, 3.63) is 41.6 Å². The summed E-state index contributed by atoms with van der Waals surface area (Å²) in [5, 5.41) is 42.4. The predicted molar refractivity (Wildman–Crippen MR) is 100 cm³/mol. The van der Waals surface area contributed by atoms with Gasteiger partial charge in [0.25, 0.3) is 0 Å². The van der Waals surface area contributed by atoms with Gasteiger partial charge in [0.1, 0.15) is 42.0 Å². The Morgan fingerprint density at radius 2 is 2.00 bits per heavy atom. The van der Waals surface area contributed by atoms with E-state index in [2.05, 4.69) is 5.32 Å². The minimum absolute atomic E-state index is 0.00639. The van der Waals surface area contributed by atoms with Crippen molar-refractivity contribution in [1.29, 1.82) is 0 Å². The number of benzene rings is 1. The molecule has 1 aromatic rings. The Morgan fingerprint density at radius 1 is 1.21 bits per heavy atom. The summed E-state index contributed by atoms with van der Waals surface area (Å²) in [6.07, 6.45) is -3.36. The number of aliphatic hydroxyl groups is 4. The summed E-state index contributed by atoms with van der Waals surface area (Å²) in [6.45, 7) is 1.24. The summed E-state index contributed by atoms with van der Waals surface area (Å²) in [5.74, 6) is 0.715. The molecule has 0 spiro atoms. The number of hydrogen-bond donors (Lipinski definition) is 5. The van der Waals surface area contributed by atoms with E-state index < -0.39 is 43.4 Å². The lowest BCUT2D eigenvalue weighted by Gasteiger charge is -2.39. The van der Waals surface area contributed by atoms with Crippen LogP contribution in [0.2, 0.25) is 0 Å². The Hall–Kier alpha value is -2.43. The molecule has 1 fully saturated rings. The van der Waals surface area contributed by atoms with E-state index in [0.717, 1.165) is 0 Å². The Kier molecular flexibility index (Phi) is 5.32. The van der Waals surface area contributed by atoms with Gasteiger partial charge < -0.3 is 40.0 Å². The molecule has 4 rings (SSSR count). The molecular weight excluding hydrogens is 382 g/mol. The molecule has 29 heavy (non-hydrogen) atoms. The molecule has 9 heteroatoms. The van der Waals surface area contributed by atoms with Crippen molar-refractivity contribution in [2.45, 2.75) is 50.2 Å². The summed E-state index contributed by atoms with van der Waals surface area (Å²) < 4.78 is 17.0. The number of carbonyl (C=O) groups excluding carboxylic acids is 1. The summed E-state index contributed by atoms with van der Waals surface area (Å²) >= 11 is 0. The molecule has 2 heterocycles. The number of ketones is 1. The largest absolute Gasteiger partial charge is 0.483 e. The van der Waals surface area contributed by atoms with E-state index in [1.54, 1.807) is 31.2 Å². The Labute approximate surface area is 166 Å². The van der Waals surface area contributed by atoms with Crippen LogP contribution in [-0.2, 0) is 9.53 Å². The van der Waals surface area contributed by atoms with E-state index >= 15 is 0 Å². The second kappa shape index (κ2) is 7.77. The highest BCUT2D eigenvalue weighted by atomic mass is 16.7. The molecule has 156 valence electrons. The van der Waals surface area contributed by atoms with E-state index in [4.69, 9.17) is 14.2 Å². The molecule has 0 aromatic heterocycles. The van der Waals surface area contributed by atoms with Crippen LogP contribution < -0.4 is 14.8 Å². The van der Waals surface area contributed by atoms with Crippen molar-refractivity contribution in [3.8, 4) is 11.5 Å². The second-order valence-electron chi connectivity index (χ2n) is 7.22. The highest BCUT2D eigenvalue weighted by Crippen LogP contribution is 2.37. The number of allylic oxidation sites excluding steroid dienone is 2. The van der Waals surface area contributed by atoms with Crippen LogP contribution in [0.4, 0.5) is 5.69 Å². The Morgan fingerprint density at radius 3 is 2.76 bits per heavy atom. The summed E-state index contributed by atoms with van der Waals surface area (Å²) in [4.78, 5) is 12.3. The zero-order chi connectivity index (χ0) is 20.7. The van der Waals surface area contributed by atoms with Crippen LogP contribution in [0.3, 0.4) is 0 Å². The van der Waals surface area contributed by atoms with Crippen LogP contribution in [0, 0.1) is 0 Å². The molecule has 0 bridgehead atoms. The highest BCUT2D eigenvalue weighted by Gasteiger charge is 2.44. The highest BCUT2D eigenvalue weighted by molar-refractivity contribution is 6.00. The smallest absolute Gasteiger partial charge is 0.229 e. The number of fused-ring (bicyclic) bond motifs is 1. The van der Waals surface area contributed by atoms with Gasteiger partial charge in [-0.2, -0.15) is 0 Å². The normalized spacial score (nSPS) is 33.9. The monoisotopic (exact) mass is 405 g/mol. The fourth-order valence-corrected chi connectivity index (χ4v) is 3.66. The fourth-order valence-electron chi connectivity index (χ4n) is 3.66. The standard InChI is InChI=1S/C20H23NO8/c1-9-16-12(3-2-4-13(16)23)21-11-6-5-10(7-14(11)27-9)28-20-19(26)18(25)17(24)15(8-22)29-20/h2-3,5-7,9,15,17-22,24-26H,4,8H2,1H3/t9?,15-,17+,18+,19-,20-/m1/s1. The van der Waals surface area contributed by atoms with Gasteiger partial charge in [0.05, 0.1) is 17.9 Å². The van der Waals surface area contributed by atoms with Gasteiger partial charge in [0.15, 0.2) is 5.78 Å². The van der Waals surface area contributed by atoms with Gasteiger partial charge in [0.2, 0.25) is 6.29 Å². The van der Waals surface area contributed by atoms with Crippen LogP contribution >= 0.6 is 0 Å². The molecule has 5 N–H and O–H groups in total. The minimum atomic E-state index is -1.53. The number of ether oxygens (including phenoxy) is 3. The van der Waals surface area contributed by atoms with Gasteiger partial charge >= 0.3 is 0 Å². The van der Waals surface area contributed by atoms with Crippen LogP contribution in [0.25, 0.3) is 0 Å². The molecule has 1 saturated heterocycles. The van der Waals surface area contributed by atoms with Crippen molar-refractivity contribution in [2.75, 3.05) is 11.9 Å². The molecule has 1 aromatic carbocycles. The second-order valence-corrected chi connectivity index (χ2v) is 7.22. The fraction of sp³-hybridized carbons (Fsp3) is 0.450. The average molecular weight is 405 g/mol. The number of rotatable bonds is 3. The lowest BCUT2D eigenvalue weighted by atomic mass is 9.96. The van der Waals surface area contributed by atoms with E-state index in [1.165, 1.54) is 0 Å². The van der Waals surface area contributed by atoms with E-state index in [1.807, 2.05) is 6.08 Å². The van der Waals surface area contributed by atoms with Crippen LogP contribution in [0.5, 0.6) is 11.5 Å². The summed E-state index contributed by atoms with van der Waals surface area (Å²) in [5.41, 5.74) is 1.90. The molecule has 3 aliphatic rings. The first-order valence-electron chi connectivity index (χ1n) is 9.38. The van der Waals surface area contributed by atoms with E-state index in [9.17, 15) is 25.2 Å². The quantitative estimate of drug-likeness (QED) is 0.464. The van der Waals surface area contributed by atoms with Gasteiger partial charge in [-0.25, -0.2) is 0 Å². The first-order valence-corrected chi connectivity index (χ1v) is 9.38. The number of carbonyl (C=O) groups is 1. The zero-order valence-electron chi connectivity index (χ0n) is 15.7. The maximum atomic E-state index is 12.3. The molecule has 0 amide bonds. The molecule has 0 saturated carbocycles. The van der Waals surface area contributed by atoms with Crippen LogP contribution in [-0.4, -0.2) is 69.6 Å². The first-order chi connectivity index (χ1) is 13.9. The lowest BCUT2D eigenvalue weighted by molar-refractivity contribution is -0.277. The zero-order valence-corrected chi connectivity index (χ0v) is 15.7. The molecular formula is C20H23NO8. The topological polar surface area (TPSA) is 138 Å². The van der Waals surface area contributed by atoms with Crippen molar-refractivity contribution in [2.24, 2.45) is 0 Å². The molecule has 1 aliphatic carbocycles. The average Bonchev–Trinajstić information content (AvgIpc) is 2.84. The third kappa shape index (κ3) is 3.63. The van der Waals surface area contributed by atoms with E-state index in [0.29, 0.717) is 29.1 Å². The van der Waals surface area contributed by atoms with Gasteiger partial charge in [-0.1, -0.05) is 6.08 Å². The Bertz CT molecular complexity index is 864. The maximum Gasteiger partial charge on any atom is 0.229 e. The molecule has 2 aliphatic heterocycles. The van der Waals surface area contributed by atoms with Gasteiger partial charge in [0, 0.05) is 18.2 Å². The number of aliphatic hydroxyl groups excluding tert-OH is 4. The number of anilines is 1. The van der Waals surface area contributed by atoms with Crippen molar-refractivity contribution >= 4 is 11.5 Å². The first kappa shape index (κ1) is 19.9. The maximum absolute atomic E-state index is 12.3. The van der Waals surface area contributed by atoms with Crippen molar-refractivity contribution in [3.63, 3.8) is 0 Å². The van der Waals surface area contributed by atoms with E-state index in [-0.39, 0.29) is 11.5 Å². The Balaban J connectivity index is 1.55. The van der Waals surface area contributed by atoms with Crippen molar-refractivity contribution in [1.82, 2.24) is 0 Å². The molecule has 0 radical (unpaired) electrons. The number of Topliss-reactive ketones (excluding diaryl/α,β-unsaturated/α-hetero) is 1. The van der Waals surface area contributed by atoms with Gasteiger partial charge in [-0.3, -0.25) is 4.79 Å². The minimum Gasteiger partial charge on any atom is -0.483 e. The number of nitrogens with one attached hydrogen (secondary N) is 1. The molecule has 9 nitrogen and oxygen atoms in total. The van der Waals surface area contributed by atoms with Gasteiger partial charge in [-0.15, -0.1) is 0 Å². The summed E-state index contributed by atoms with van der Waals surface area (Å²) in [6, 6.07) is 4.89. The summed E-state index contributed by atoms with van der Waals surface area (Å²) in [7, 11) is 0. The van der Waals surface area contributed by atoms with Crippen molar-refractivity contribution < 1.29 is 39.4 Å². The van der Waals surface area contributed by atoms with Crippen LogP contribution in [0.15, 0.2) is 41.6 Å². The molecule has 6 atom stereocenters.